The average molecular weight is 395 g/mol. The van der Waals surface area contributed by atoms with E-state index in [1.165, 1.54) is 6.20 Å². The smallest absolute Gasteiger partial charge is 0.261 e. The molecule has 0 radical (unpaired) electrons. The zero-order valence-corrected chi connectivity index (χ0v) is 16.1. The van der Waals surface area contributed by atoms with Crippen molar-refractivity contribution in [3.8, 4) is 11.5 Å². The molecule has 3 aromatic carbocycles. The molecule has 0 aliphatic heterocycles. The van der Waals surface area contributed by atoms with Gasteiger partial charge < -0.3 is 14.7 Å². The van der Waals surface area contributed by atoms with Crippen LogP contribution in [0, 0.1) is 6.92 Å². The number of rotatable bonds is 3. The summed E-state index contributed by atoms with van der Waals surface area (Å²) in [4.78, 5) is 32.9. The Labute approximate surface area is 171 Å². The first kappa shape index (κ1) is 17.9. The Hall–Kier alpha value is -4.19. The number of aryl methyl sites for hydroxylation is 1. The minimum atomic E-state index is -0.482. The van der Waals surface area contributed by atoms with Gasteiger partial charge in [-0.15, -0.1) is 0 Å². The van der Waals surface area contributed by atoms with Crippen LogP contribution in [-0.2, 0) is 0 Å². The maximum atomic E-state index is 12.7. The molecule has 0 atom stereocenters. The third-order valence-electron chi connectivity index (χ3n) is 5.05. The molecular weight excluding hydrogens is 378 g/mol. The number of carbonyl (C=O) groups excluding carboxylic acids is 1. The van der Waals surface area contributed by atoms with E-state index in [-0.39, 0.29) is 11.0 Å². The Bertz CT molecular complexity index is 1480. The van der Waals surface area contributed by atoms with E-state index in [0.29, 0.717) is 33.6 Å². The second-order valence-corrected chi connectivity index (χ2v) is 7.05. The maximum Gasteiger partial charge on any atom is 0.261 e. The number of H-pyrrole nitrogens is 1. The highest BCUT2D eigenvalue weighted by Gasteiger charge is 2.15. The molecule has 0 aliphatic rings. The molecule has 5 rings (SSSR count). The fraction of sp³-hybridized carbons (Fsp3) is 0.0417. The van der Waals surface area contributed by atoms with Gasteiger partial charge >= 0.3 is 0 Å². The number of hydrogen-bond acceptors (Lipinski definition) is 4. The molecule has 2 N–H and O–H groups in total. The van der Waals surface area contributed by atoms with Gasteiger partial charge in [-0.25, -0.2) is 4.98 Å². The topological polar surface area (TPSA) is 88.0 Å². The lowest BCUT2D eigenvalue weighted by Gasteiger charge is -2.05. The molecule has 5 aromatic rings. The molecule has 0 spiro atoms. The number of benzene rings is 3. The number of para-hydroxylation sites is 1. The summed E-state index contributed by atoms with van der Waals surface area (Å²) < 4.78 is 5.87. The first-order valence-corrected chi connectivity index (χ1v) is 9.48. The molecule has 2 heterocycles. The Balaban J connectivity index is 1.47. The second kappa shape index (κ2) is 7.00. The minimum absolute atomic E-state index is 0.0505. The van der Waals surface area contributed by atoms with Gasteiger partial charge in [-0.2, -0.15) is 0 Å². The van der Waals surface area contributed by atoms with Crippen molar-refractivity contribution in [3.05, 3.63) is 94.3 Å². The maximum absolute atomic E-state index is 12.7. The summed E-state index contributed by atoms with van der Waals surface area (Å²) >= 11 is 0. The SMILES string of the molecule is Cc1ccccc1-c1nc2cc(NC(=O)c3c[nH]c4ccccc4c3=O)ccc2o1. The molecular formula is C24H17N3O3. The standard InChI is InChI=1S/C24H17N3O3/c1-14-6-2-3-7-16(14)24-27-20-12-15(10-11-21(20)30-24)26-23(29)18-13-25-19-9-5-4-8-17(19)22(18)28/h2-13H,1H3,(H,25,28)(H,26,29). The predicted octanol–water partition coefficient (Wildman–Crippen LogP) is 4.90. The number of aromatic amines is 1. The first-order valence-electron chi connectivity index (χ1n) is 9.48. The molecule has 30 heavy (non-hydrogen) atoms. The lowest BCUT2D eigenvalue weighted by molar-refractivity contribution is 0.102. The highest BCUT2D eigenvalue weighted by Crippen LogP contribution is 2.28. The molecule has 0 fully saturated rings. The van der Waals surface area contributed by atoms with E-state index in [4.69, 9.17) is 4.42 Å². The zero-order chi connectivity index (χ0) is 20.7. The van der Waals surface area contributed by atoms with Gasteiger partial charge in [-0.3, -0.25) is 9.59 Å². The van der Waals surface area contributed by atoms with Crippen LogP contribution in [-0.4, -0.2) is 15.9 Å². The van der Waals surface area contributed by atoms with Crippen molar-refractivity contribution in [1.82, 2.24) is 9.97 Å². The fourth-order valence-electron chi connectivity index (χ4n) is 3.47. The van der Waals surface area contributed by atoms with Crippen LogP contribution in [0.3, 0.4) is 0 Å². The van der Waals surface area contributed by atoms with Gasteiger partial charge in [-0.05, 0) is 48.9 Å². The van der Waals surface area contributed by atoms with Crippen LogP contribution in [0.4, 0.5) is 5.69 Å². The number of pyridine rings is 1. The summed E-state index contributed by atoms with van der Waals surface area (Å²) in [6.45, 7) is 2.00. The van der Waals surface area contributed by atoms with Crippen molar-refractivity contribution in [3.63, 3.8) is 0 Å². The average Bonchev–Trinajstić information content (AvgIpc) is 3.17. The van der Waals surface area contributed by atoms with Crippen LogP contribution in [0.1, 0.15) is 15.9 Å². The summed E-state index contributed by atoms with van der Waals surface area (Å²) in [5, 5.41) is 3.25. The molecule has 0 saturated carbocycles. The van der Waals surface area contributed by atoms with Crippen molar-refractivity contribution < 1.29 is 9.21 Å². The number of hydrogen-bond donors (Lipinski definition) is 2. The first-order chi connectivity index (χ1) is 14.6. The van der Waals surface area contributed by atoms with Crippen molar-refractivity contribution in [2.24, 2.45) is 0 Å². The monoisotopic (exact) mass is 395 g/mol. The summed E-state index contributed by atoms with van der Waals surface area (Å²) in [6.07, 6.45) is 1.44. The highest BCUT2D eigenvalue weighted by atomic mass is 16.3. The van der Waals surface area contributed by atoms with E-state index in [1.54, 1.807) is 36.4 Å². The lowest BCUT2D eigenvalue weighted by atomic mass is 10.1. The number of amides is 1. The van der Waals surface area contributed by atoms with Gasteiger partial charge in [0.25, 0.3) is 5.91 Å². The molecule has 0 aliphatic carbocycles. The summed E-state index contributed by atoms with van der Waals surface area (Å²) in [6, 6.07) is 20.1. The summed E-state index contributed by atoms with van der Waals surface area (Å²) in [5.41, 5.74) is 4.18. The van der Waals surface area contributed by atoms with Gasteiger partial charge in [0.2, 0.25) is 11.3 Å². The van der Waals surface area contributed by atoms with Crippen LogP contribution >= 0.6 is 0 Å². The van der Waals surface area contributed by atoms with Gasteiger partial charge in [0.15, 0.2) is 5.58 Å². The zero-order valence-electron chi connectivity index (χ0n) is 16.1. The Kier molecular flexibility index (Phi) is 4.17. The highest BCUT2D eigenvalue weighted by molar-refractivity contribution is 6.06. The molecule has 146 valence electrons. The summed E-state index contributed by atoms with van der Waals surface area (Å²) in [7, 11) is 0. The number of nitrogens with one attached hydrogen (secondary N) is 2. The Morgan fingerprint density at radius 3 is 2.70 bits per heavy atom. The molecule has 0 saturated heterocycles. The largest absolute Gasteiger partial charge is 0.436 e. The normalized spacial score (nSPS) is 11.1. The molecule has 6 heteroatoms. The van der Waals surface area contributed by atoms with Crippen molar-refractivity contribution in [2.45, 2.75) is 6.92 Å². The van der Waals surface area contributed by atoms with E-state index >= 15 is 0 Å². The van der Waals surface area contributed by atoms with E-state index in [0.717, 1.165) is 11.1 Å². The molecule has 2 aromatic heterocycles. The quantitative estimate of drug-likeness (QED) is 0.455. The number of carbonyl (C=O) groups is 1. The predicted molar refractivity (Wildman–Crippen MR) is 117 cm³/mol. The van der Waals surface area contributed by atoms with Gasteiger partial charge in [0.1, 0.15) is 11.1 Å². The van der Waals surface area contributed by atoms with Crippen LogP contribution in [0.5, 0.6) is 0 Å². The molecule has 1 amide bonds. The van der Waals surface area contributed by atoms with Crippen LogP contribution in [0.25, 0.3) is 33.5 Å². The van der Waals surface area contributed by atoms with Crippen molar-refractivity contribution in [2.75, 3.05) is 5.32 Å². The van der Waals surface area contributed by atoms with Crippen LogP contribution < -0.4 is 10.7 Å². The van der Waals surface area contributed by atoms with Gasteiger partial charge in [-0.1, -0.05) is 30.3 Å². The van der Waals surface area contributed by atoms with E-state index in [1.807, 2.05) is 37.3 Å². The molecule has 6 nitrogen and oxygen atoms in total. The second-order valence-electron chi connectivity index (χ2n) is 7.05. The number of nitrogens with zero attached hydrogens (tertiary/aromatic N) is 1. The number of aromatic nitrogens is 2. The van der Waals surface area contributed by atoms with E-state index in [2.05, 4.69) is 15.3 Å². The van der Waals surface area contributed by atoms with Gasteiger partial charge in [0, 0.05) is 28.4 Å². The summed E-state index contributed by atoms with van der Waals surface area (Å²) in [5.74, 6) is 0.0431. The number of anilines is 1. The Morgan fingerprint density at radius 2 is 1.83 bits per heavy atom. The third-order valence-corrected chi connectivity index (χ3v) is 5.05. The van der Waals surface area contributed by atoms with Crippen LogP contribution in [0.2, 0.25) is 0 Å². The van der Waals surface area contributed by atoms with Crippen LogP contribution in [0.15, 0.2) is 82.1 Å². The van der Waals surface area contributed by atoms with Crippen molar-refractivity contribution in [1.29, 1.82) is 0 Å². The fourth-order valence-corrected chi connectivity index (χ4v) is 3.47. The third kappa shape index (κ3) is 3.04. The Morgan fingerprint density at radius 1 is 1.03 bits per heavy atom. The number of fused-ring (bicyclic) bond motifs is 2. The minimum Gasteiger partial charge on any atom is -0.436 e. The lowest BCUT2D eigenvalue weighted by Crippen LogP contribution is -2.21. The van der Waals surface area contributed by atoms with Gasteiger partial charge in [0.05, 0.1) is 0 Å². The van der Waals surface area contributed by atoms with E-state index in [9.17, 15) is 9.59 Å². The van der Waals surface area contributed by atoms with E-state index < -0.39 is 5.91 Å². The number of oxazole rings is 1. The molecule has 0 unspecified atom stereocenters. The molecule has 0 bridgehead atoms. The van der Waals surface area contributed by atoms with Crippen molar-refractivity contribution >= 4 is 33.6 Å².